The van der Waals surface area contributed by atoms with Gasteiger partial charge in [-0.25, -0.2) is 0 Å². The maximum absolute atomic E-state index is 5.03. The number of hydrogen-bond acceptors (Lipinski definition) is 1. The van der Waals surface area contributed by atoms with Crippen LogP contribution in [0.2, 0.25) is 0 Å². The third-order valence-electron chi connectivity index (χ3n) is 1.53. The van der Waals surface area contributed by atoms with Crippen LogP contribution < -0.4 is 0 Å². The summed E-state index contributed by atoms with van der Waals surface area (Å²) in [6.45, 7) is 0.998. The lowest BCUT2D eigenvalue weighted by molar-refractivity contribution is 0.198. The van der Waals surface area contributed by atoms with Gasteiger partial charge in [0.05, 0.1) is 6.61 Å². The van der Waals surface area contributed by atoms with Crippen LogP contribution in [0, 0.1) is 0 Å². The zero-order valence-electron chi connectivity index (χ0n) is 5.31. The predicted molar refractivity (Wildman–Crippen MR) is 38.1 cm³/mol. The van der Waals surface area contributed by atoms with Crippen LogP contribution in [0.25, 0.3) is 0 Å². The normalized spacial score (nSPS) is 31.9. The second-order valence-electron chi connectivity index (χ2n) is 2.25. The highest BCUT2D eigenvalue weighted by molar-refractivity contribution is 7.39. The lowest BCUT2D eigenvalue weighted by Crippen LogP contribution is -2.03. The second kappa shape index (κ2) is 3.42. The van der Waals surface area contributed by atoms with Gasteiger partial charge in [-0.3, -0.25) is 0 Å². The lowest BCUT2D eigenvalue weighted by atomic mass is 10.3. The van der Waals surface area contributed by atoms with E-state index < -0.39 is 0 Å². The minimum absolute atomic E-state index is 0.917. The van der Waals surface area contributed by atoms with Crippen molar-refractivity contribution in [3.05, 3.63) is 0 Å². The van der Waals surface area contributed by atoms with Crippen molar-refractivity contribution >= 4 is 8.58 Å². The van der Waals surface area contributed by atoms with Gasteiger partial charge in [-0.1, -0.05) is 0 Å². The van der Waals surface area contributed by atoms with E-state index in [-0.39, 0.29) is 0 Å². The third-order valence-corrected chi connectivity index (χ3v) is 3.21. The molecule has 0 N–H and O–H groups in total. The third kappa shape index (κ3) is 1.72. The molecule has 0 radical (unpaired) electrons. The van der Waals surface area contributed by atoms with Crippen molar-refractivity contribution in [3.63, 3.8) is 0 Å². The number of hydrogen-bond donors (Lipinski definition) is 0. The molecule has 8 heavy (non-hydrogen) atoms. The summed E-state index contributed by atoms with van der Waals surface area (Å²) in [5.41, 5.74) is 0.917. The predicted octanol–water partition coefficient (Wildman–Crippen LogP) is 1.47. The Hall–Kier alpha value is 0.390. The second-order valence-corrected chi connectivity index (χ2v) is 3.97. The summed E-state index contributed by atoms with van der Waals surface area (Å²) in [6.07, 6.45) is 4.30. The molecule has 0 bridgehead atoms. The smallest absolute Gasteiger partial charge is 0.0527 e. The van der Waals surface area contributed by atoms with Gasteiger partial charge in [0.2, 0.25) is 0 Å². The fourth-order valence-corrected chi connectivity index (χ4v) is 2.61. The summed E-state index contributed by atoms with van der Waals surface area (Å²) >= 11 is 0. The van der Waals surface area contributed by atoms with Gasteiger partial charge in [0.15, 0.2) is 0 Å². The molecule has 0 aliphatic carbocycles. The van der Waals surface area contributed by atoms with E-state index in [0.717, 1.165) is 12.3 Å². The molecule has 0 aromatic carbocycles. The monoisotopic (exact) mass is 132 g/mol. The highest BCUT2D eigenvalue weighted by atomic mass is 31.1. The minimum Gasteiger partial charge on any atom is -0.384 e. The summed E-state index contributed by atoms with van der Waals surface area (Å²) in [5, 5.41) is 0. The molecule has 48 valence electrons. The van der Waals surface area contributed by atoms with Gasteiger partial charge in [-0.15, -0.1) is 8.58 Å². The Morgan fingerprint density at radius 3 is 3.12 bits per heavy atom. The van der Waals surface area contributed by atoms with Gasteiger partial charge in [-0.2, -0.15) is 0 Å². The van der Waals surface area contributed by atoms with Crippen molar-refractivity contribution in [1.82, 2.24) is 0 Å². The molecule has 1 aliphatic rings. The maximum atomic E-state index is 5.03. The molecule has 0 saturated carbocycles. The zero-order valence-corrected chi connectivity index (χ0v) is 6.31. The topological polar surface area (TPSA) is 9.23 Å². The average Bonchev–Trinajstić information content (AvgIpc) is 2.19. The average molecular weight is 132 g/mol. The molecule has 0 spiro atoms. The molecule has 1 fully saturated rings. The minimum atomic E-state index is 0.917. The molecule has 0 aromatic rings. The molecule has 1 nitrogen and oxygen atoms in total. The van der Waals surface area contributed by atoms with E-state index in [1.165, 1.54) is 27.6 Å². The van der Waals surface area contributed by atoms with Crippen LogP contribution in [-0.2, 0) is 4.74 Å². The fraction of sp³-hybridized carbons (Fsp3) is 1.00. The largest absolute Gasteiger partial charge is 0.384 e. The summed E-state index contributed by atoms with van der Waals surface area (Å²) in [6, 6.07) is 0. The van der Waals surface area contributed by atoms with Gasteiger partial charge in [0.1, 0.15) is 0 Å². The molecule has 2 unspecified atom stereocenters. The standard InChI is InChI=1S/C6H13OP/c1-7-5-6-3-2-4-8-6/h6,8H,2-5H2,1H3. The first-order valence-electron chi connectivity index (χ1n) is 3.16. The van der Waals surface area contributed by atoms with E-state index in [1.54, 1.807) is 7.11 Å². The number of ether oxygens (including phenoxy) is 1. The lowest BCUT2D eigenvalue weighted by Gasteiger charge is -2.04. The van der Waals surface area contributed by atoms with Crippen LogP contribution in [0.1, 0.15) is 12.8 Å². The summed E-state index contributed by atoms with van der Waals surface area (Å²) in [7, 11) is 2.98. The van der Waals surface area contributed by atoms with E-state index in [2.05, 4.69) is 0 Å². The molecule has 2 heteroatoms. The van der Waals surface area contributed by atoms with E-state index in [4.69, 9.17) is 4.74 Å². The molecule has 1 saturated heterocycles. The van der Waals surface area contributed by atoms with Crippen molar-refractivity contribution in [3.8, 4) is 0 Å². The van der Waals surface area contributed by atoms with Crippen LogP contribution in [0.4, 0.5) is 0 Å². The molecule has 1 aliphatic heterocycles. The van der Waals surface area contributed by atoms with Crippen molar-refractivity contribution in [2.24, 2.45) is 0 Å². The SMILES string of the molecule is COCC1CCCP1. The quantitative estimate of drug-likeness (QED) is 0.517. The highest BCUT2D eigenvalue weighted by Crippen LogP contribution is 2.31. The van der Waals surface area contributed by atoms with E-state index >= 15 is 0 Å². The Bertz CT molecular complexity index is 59.5. The Morgan fingerprint density at radius 2 is 2.62 bits per heavy atom. The summed E-state index contributed by atoms with van der Waals surface area (Å²) in [4.78, 5) is 0. The van der Waals surface area contributed by atoms with Crippen LogP contribution >= 0.6 is 8.58 Å². The van der Waals surface area contributed by atoms with Crippen molar-refractivity contribution in [2.75, 3.05) is 19.9 Å². The van der Waals surface area contributed by atoms with E-state index in [1.807, 2.05) is 0 Å². The first-order chi connectivity index (χ1) is 3.93. The van der Waals surface area contributed by atoms with E-state index in [0.29, 0.717) is 0 Å². The highest BCUT2D eigenvalue weighted by Gasteiger charge is 2.13. The first kappa shape index (κ1) is 6.51. The molecule has 1 heterocycles. The Morgan fingerprint density at radius 1 is 1.75 bits per heavy atom. The molecular weight excluding hydrogens is 119 g/mol. The van der Waals surface area contributed by atoms with Gasteiger partial charge < -0.3 is 4.74 Å². The molecular formula is C6H13OP. The first-order valence-corrected chi connectivity index (χ1v) is 4.44. The van der Waals surface area contributed by atoms with Crippen molar-refractivity contribution in [2.45, 2.75) is 18.5 Å². The Balaban J connectivity index is 2.06. The van der Waals surface area contributed by atoms with Crippen molar-refractivity contribution < 1.29 is 4.74 Å². The van der Waals surface area contributed by atoms with Crippen LogP contribution in [-0.4, -0.2) is 25.5 Å². The molecule has 1 rings (SSSR count). The van der Waals surface area contributed by atoms with Gasteiger partial charge in [0.25, 0.3) is 0 Å². The van der Waals surface area contributed by atoms with Gasteiger partial charge in [0, 0.05) is 7.11 Å². The summed E-state index contributed by atoms with van der Waals surface area (Å²) < 4.78 is 5.03. The fourth-order valence-electron chi connectivity index (χ4n) is 1.10. The Labute approximate surface area is 52.6 Å². The molecule has 2 atom stereocenters. The molecule has 0 aromatic heterocycles. The van der Waals surface area contributed by atoms with Crippen LogP contribution in [0.3, 0.4) is 0 Å². The zero-order chi connectivity index (χ0) is 5.82. The number of rotatable bonds is 2. The molecule has 0 amide bonds. The van der Waals surface area contributed by atoms with Crippen LogP contribution in [0.15, 0.2) is 0 Å². The van der Waals surface area contributed by atoms with Crippen molar-refractivity contribution in [1.29, 1.82) is 0 Å². The van der Waals surface area contributed by atoms with E-state index in [9.17, 15) is 0 Å². The Kier molecular flexibility index (Phi) is 2.78. The maximum Gasteiger partial charge on any atom is 0.0527 e. The number of methoxy groups -OCH3 is 1. The van der Waals surface area contributed by atoms with Crippen LogP contribution in [0.5, 0.6) is 0 Å². The summed E-state index contributed by atoms with van der Waals surface area (Å²) in [5.74, 6) is 0. The van der Waals surface area contributed by atoms with Gasteiger partial charge >= 0.3 is 0 Å². The van der Waals surface area contributed by atoms with Gasteiger partial charge in [-0.05, 0) is 24.7 Å².